The van der Waals surface area contributed by atoms with Crippen LogP contribution in [0.5, 0.6) is 0 Å². The minimum Gasteiger partial charge on any atom is -0.805 e. The molecule has 0 unspecified atom stereocenters. The van der Waals surface area contributed by atoms with Crippen molar-refractivity contribution in [2.24, 2.45) is 5.10 Å². The van der Waals surface area contributed by atoms with Crippen molar-refractivity contribution in [1.29, 1.82) is 0 Å². The highest BCUT2D eigenvalue weighted by molar-refractivity contribution is 6.46. The average molecular weight is 500 g/mol. The van der Waals surface area contributed by atoms with Gasteiger partial charge in [0.1, 0.15) is 11.2 Å². The first kappa shape index (κ1) is 24.9. The van der Waals surface area contributed by atoms with Crippen molar-refractivity contribution in [3.05, 3.63) is 107 Å². The Morgan fingerprint density at radius 3 is 2.32 bits per heavy atom. The molecule has 2 aromatic heterocycles. The van der Waals surface area contributed by atoms with E-state index in [1.165, 1.54) is 19.1 Å². The third kappa shape index (κ3) is 5.73. The number of hydrazone groups is 1. The normalized spacial score (nSPS) is 11.2. The van der Waals surface area contributed by atoms with Crippen LogP contribution in [0.3, 0.4) is 0 Å². The summed E-state index contributed by atoms with van der Waals surface area (Å²) in [4.78, 5) is 51.6. The van der Waals surface area contributed by atoms with Crippen molar-refractivity contribution in [3.63, 3.8) is 0 Å². The maximum atomic E-state index is 13.2. The summed E-state index contributed by atoms with van der Waals surface area (Å²) in [7, 11) is 0. The third-order valence-electron chi connectivity index (χ3n) is 5.47. The molecule has 4 rings (SSSR count). The first-order valence-corrected chi connectivity index (χ1v) is 11.3. The van der Waals surface area contributed by atoms with Gasteiger partial charge in [0.25, 0.3) is 11.4 Å². The van der Waals surface area contributed by atoms with Gasteiger partial charge in [0, 0.05) is 28.8 Å². The van der Waals surface area contributed by atoms with Gasteiger partial charge in [-0.3, -0.25) is 14.4 Å². The first-order valence-electron chi connectivity index (χ1n) is 11.3. The number of Topliss-reactive ketones (excluding diaryl/α,β-unsaturated/α-hetero) is 1. The number of ketones is 1. The van der Waals surface area contributed by atoms with Crippen LogP contribution in [0.1, 0.15) is 22.6 Å². The van der Waals surface area contributed by atoms with Gasteiger partial charge in [-0.2, -0.15) is 9.67 Å². The van der Waals surface area contributed by atoms with Gasteiger partial charge in [0.05, 0.1) is 16.5 Å². The summed E-state index contributed by atoms with van der Waals surface area (Å²) in [6.45, 7) is 1.27. The molecule has 37 heavy (non-hydrogen) atoms. The number of benzene rings is 2. The molecule has 2 amide bonds. The molecule has 2 heterocycles. The summed E-state index contributed by atoms with van der Waals surface area (Å²) in [5, 5.41) is 19.2. The molecular weight excluding hydrogens is 476 g/mol. The molecule has 2 N–H and O–H groups in total. The van der Waals surface area contributed by atoms with E-state index in [9.17, 15) is 24.5 Å². The van der Waals surface area contributed by atoms with Gasteiger partial charge in [-0.05, 0) is 25.1 Å². The zero-order valence-electron chi connectivity index (χ0n) is 19.8. The molecule has 0 aliphatic carbocycles. The lowest BCUT2D eigenvalue weighted by atomic mass is 10.1. The first-order chi connectivity index (χ1) is 17.8. The van der Waals surface area contributed by atoms with Crippen LogP contribution in [0.2, 0.25) is 0 Å². The Balaban J connectivity index is 1.63. The SMILES string of the molecule is Cc1c(C(=O)C/C(=N/NC(=O)C[n+]2ccccc2)C(=O)Nc2ccccc2)[n+](=O)c2ccccc2n1[O-]. The van der Waals surface area contributed by atoms with E-state index in [4.69, 9.17) is 0 Å². The van der Waals surface area contributed by atoms with E-state index in [2.05, 4.69) is 15.8 Å². The number of nitrogens with one attached hydrogen (secondary N) is 2. The number of anilines is 1. The van der Waals surface area contributed by atoms with Gasteiger partial charge >= 0.3 is 11.6 Å². The molecule has 0 bridgehead atoms. The summed E-state index contributed by atoms with van der Waals surface area (Å²) >= 11 is 0. The lowest BCUT2D eigenvalue weighted by molar-refractivity contribution is -0.684. The van der Waals surface area contributed by atoms with Gasteiger partial charge in [0.15, 0.2) is 12.4 Å². The van der Waals surface area contributed by atoms with E-state index in [0.29, 0.717) is 14.8 Å². The van der Waals surface area contributed by atoms with Gasteiger partial charge in [-0.25, -0.2) is 5.43 Å². The molecule has 186 valence electrons. The number of aromatic nitrogens is 3. The largest absolute Gasteiger partial charge is 0.805 e. The summed E-state index contributed by atoms with van der Waals surface area (Å²) in [6, 6.07) is 19.8. The number of carbonyl (C=O) groups is 3. The fraction of sp³-hybridized carbons (Fsp3) is 0.115. The van der Waals surface area contributed by atoms with E-state index < -0.39 is 29.7 Å². The summed E-state index contributed by atoms with van der Waals surface area (Å²) in [5.41, 5.74) is 1.96. The van der Waals surface area contributed by atoms with Crippen molar-refractivity contribution < 1.29 is 23.4 Å². The van der Waals surface area contributed by atoms with E-state index in [0.717, 1.165) is 0 Å². The van der Waals surface area contributed by atoms with Crippen molar-refractivity contribution in [2.45, 2.75) is 19.9 Å². The zero-order chi connectivity index (χ0) is 26.4. The molecule has 2 aromatic carbocycles. The number of para-hydroxylation sites is 3. The van der Waals surface area contributed by atoms with Crippen LogP contribution in [0.4, 0.5) is 5.69 Å². The van der Waals surface area contributed by atoms with E-state index in [-0.39, 0.29) is 29.0 Å². The molecule has 11 nitrogen and oxygen atoms in total. The molecule has 11 heteroatoms. The van der Waals surface area contributed by atoms with Gasteiger partial charge in [-0.15, -0.1) is 0 Å². The lowest BCUT2D eigenvalue weighted by Gasteiger charge is -2.16. The number of hydrogen-bond donors (Lipinski definition) is 2. The average Bonchev–Trinajstić information content (AvgIpc) is 2.91. The van der Waals surface area contributed by atoms with Crippen molar-refractivity contribution in [1.82, 2.24) is 10.2 Å². The highest BCUT2D eigenvalue weighted by Gasteiger charge is 2.29. The van der Waals surface area contributed by atoms with Crippen LogP contribution in [0.25, 0.3) is 11.0 Å². The number of amides is 2. The molecule has 0 fully saturated rings. The number of pyridine rings is 1. The van der Waals surface area contributed by atoms with E-state index >= 15 is 0 Å². The van der Waals surface area contributed by atoms with Gasteiger partial charge in [0.2, 0.25) is 12.3 Å². The van der Waals surface area contributed by atoms with Crippen LogP contribution < -0.4 is 19.7 Å². The topological polar surface area (TPSA) is 142 Å². The van der Waals surface area contributed by atoms with Crippen molar-refractivity contribution >= 4 is 40.0 Å². The van der Waals surface area contributed by atoms with Gasteiger partial charge in [-0.1, -0.05) is 36.4 Å². The maximum Gasteiger partial charge on any atom is 0.325 e. The van der Waals surface area contributed by atoms with Gasteiger partial charge < -0.3 is 15.3 Å². The second-order valence-electron chi connectivity index (χ2n) is 8.07. The smallest absolute Gasteiger partial charge is 0.325 e. The Morgan fingerprint density at radius 1 is 0.946 bits per heavy atom. The molecule has 0 spiro atoms. The predicted molar refractivity (Wildman–Crippen MR) is 135 cm³/mol. The number of fused-ring (bicyclic) bond motifs is 1. The summed E-state index contributed by atoms with van der Waals surface area (Å²) < 4.78 is 2.47. The number of carbonyl (C=O) groups excluding carboxylic acids is 3. The standard InChI is InChI=1S/C26H22N6O5/c1-18-25(32(37)22-13-7-6-12-21(22)31(18)36)23(33)16-20(26(35)27-19-10-4-2-5-11-19)28-29-24(34)17-30-14-8-3-9-15-30/h2-15H,16-17H2,1H3,(H-,27,29,34,35)/p+1. The second-order valence-corrected chi connectivity index (χ2v) is 8.07. The van der Waals surface area contributed by atoms with Crippen LogP contribution in [0, 0.1) is 17.0 Å². The molecule has 0 atom stereocenters. The predicted octanol–water partition coefficient (Wildman–Crippen LogP) is 1.88. The maximum absolute atomic E-state index is 13.2. The Hall–Kier alpha value is -5.19. The van der Waals surface area contributed by atoms with Crippen molar-refractivity contribution in [3.8, 4) is 0 Å². The summed E-state index contributed by atoms with van der Waals surface area (Å²) in [5.74, 6) is -2.10. The molecular formula is C26H23N6O5+. The third-order valence-corrected chi connectivity index (χ3v) is 5.47. The quantitative estimate of drug-likeness (QED) is 0.165. The molecule has 0 aliphatic heterocycles. The monoisotopic (exact) mass is 499 g/mol. The van der Waals surface area contributed by atoms with Crippen LogP contribution in [0.15, 0.2) is 90.3 Å². The zero-order valence-corrected chi connectivity index (χ0v) is 19.8. The van der Waals surface area contributed by atoms with E-state index in [1.54, 1.807) is 77.6 Å². The van der Waals surface area contributed by atoms with E-state index in [1.807, 2.05) is 0 Å². The number of hydrogen-bond acceptors (Lipinski definition) is 6. The van der Waals surface area contributed by atoms with Crippen LogP contribution >= 0.6 is 0 Å². The lowest BCUT2D eigenvalue weighted by Crippen LogP contribution is -2.41. The highest BCUT2D eigenvalue weighted by Crippen LogP contribution is 2.15. The minimum absolute atomic E-state index is 0.00636. The van der Waals surface area contributed by atoms with Crippen LogP contribution in [-0.2, 0) is 16.1 Å². The number of rotatable bonds is 8. The molecule has 0 aliphatic rings. The molecule has 0 saturated heterocycles. The Bertz CT molecular complexity index is 1570. The number of nitrogens with zero attached hydrogens (tertiary/aromatic N) is 4. The van der Waals surface area contributed by atoms with Crippen molar-refractivity contribution in [2.75, 3.05) is 5.32 Å². The van der Waals surface area contributed by atoms with Crippen LogP contribution in [-0.4, -0.2) is 28.0 Å². The molecule has 4 aromatic rings. The Morgan fingerprint density at radius 2 is 1.59 bits per heavy atom. The molecule has 0 saturated carbocycles. The highest BCUT2D eigenvalue weighted by atomic mass is 16.5. The fourth-order valence-electron chi connectivity index (χ4n) is 3.67. The Kier molecular flexibility index (Phi) is 7.43. The fourth-order valence-corrected chi connectivity index (χ4v) is 3.67. The minimum atomic E-state index is -0.809. The summed E-state index contributed by atoms with van der Waals surface area (Å²) in [6.07, 6.45) is 2.73. The Labute approximate surface area is 210 Å². The second kappa shape index (κ2) is 11.0. The molecule has 0 radical (unpaired) electrons.